The molecule has 0 aromatic carbocycles. The lowest BCUT2D eigenvalue weighted by Crippen LogP contribution is -2.51. The third-order valence-corrected chi connectivity index (χ3v) is 5.17. The fraction of sp³-hybridized carbons (Fsp3) is 0.278. The number of hydrogen-bond donors (Lipinski definition) is 1. The lowest BCUT2D eigenvalue weighted by atomic mass is 10.1. The Balaban J connectivity index is 1.46. The number of aromatic nitrogens is 5. The Kier molecular flexibility index (Phi) is 4.17. The lowest BCUT2D eigenvalue weighted by Gasteiger charge is -2.34. The Morgan fingerprint density at radius 2 is 2.15 bits per heavy atom. The van der Waals surface area contributed by atoms with Gasteiger partial charge >= 0.3 is 0 Å². The van der Waals surface area contributed by atoms with Crippen molar-refractivity contribution in [1.82, 2.24) is 29.7 Å². The van der Waals surface area contributed by atoms with Gasteiger partial charge in [-0.15, -0.1) is 0 Å². The van der Waals surface area contributed by atoms with Crippen LogP contribution < -0.4 is 10.2 Å². The molecule has 0 radical (unpaired) electrons. The van der Waals surface area contributed by atoms with Crippen molar-refractivity contribution >= 4 is 33.6 Å². The molecule has 0 amide bonds. The van der Waals surface area contributed by atoms with Crippen molar-refractivity contribution in [2.24, 2.45) is 4.99 Å². The van der Waals surface area contributed by atoms with Crippen LogP contribution in [0.3, 0.4) is 0 Å². The van der Waals surface area contributed by atoms with E-state index in [2.05, 4.69) is 52.2 Å². The predicted molar refractivity (Wildman–Crippen MR) is 107 cm³/mol. The number of nitrogens with zero attached hydrogens (tertiary/aromatic N) is 7. The largest absolute Gasteiger partial charge is 0.353 e. The van der Waals surface area contributed by atoms with Crippen LogP contribution in [0.15, 0.2) is 52.2 Å². The summed E-state index contributed by atoms with van der Waals surface area (Å²) in [6.45, 7) is 2.62. The second-order valence-corrected chi connectivity index (χ2v) is 7.26. The molecule has 0 saturated carbocycles. The second kappa shape index (κ2) is 6.82. The van der Waals surface area contributed by atoms with Gasteiger partial charge in [-0.3, -0.25) is 9.39 Å². The van der Waals surface area contributed by atoms with Crippen molar-refractivity contribution in [3.63, 3.8) is 0 Å². The van der Waals surface area contributed by atoms with E-state index in [4.69, 9.17) is 4.98 Å². The van der Waals surface area contributed by atoms with E-state index in [0.717, 1.165) is 53.5 Å². The molecule has 27 heavy (non-hydrogen) atoms. The van der Waals surface area contributed by atoms with Crippen molar-refractivity contribution in [2.45, 2.75) is 12.5 Å². The summed E-state index contributed by atoms with van der Waals surface area (Å²) in [4.78, 5) is 24.6. The molecule has 1 saturated heterocycles. The highest BCUT2D eigenvalue weighted by molar-refractivity contribution is 9.10. The molecule has 5 heterocycles. The number of halogens is 1. The molecule has 0 aliphatic carbocycles. The van der Waals surface area contributed by atoms with E-state index in [1.165, 1.54) is 0 Å². The molecular weight excluding hydrogens is 408 g/mol. The number of imidazole rings is 1. The van der Waals surface area contributed by atoms with Gasteiger partial charge in [-0.25, -0.2) is 19.9 Å². The smallest absolute Gasteiger partial charge is 0.180 e. The first-order valence-electron chi connectivity index (χ1n) is 8.81. The quantitative estimate of drug-likeness (QED) is 0.692. The molecule has 0 spiro atoms. The lowest BCUT2D eigenvalue weighted by molar-refractivity contribution is 0.496. The Morgan fingerprint density at radius 3 is 3.04 bits per heavy atom. The van der Waals surface area contributed by atoms with Crippen LogP contribution in [0.25, 0.3) is 17.2 Å². The van der Waals surface area contributed by atoms with Gasteiger partial charge in [0.15, 0.2) is 11.5 Å². The maximum absolute atomic E-state index is 4.81. The van der Waals surface area contributed by atoms with Crippen molar-refractivity contribution in [2.75, 3.05) is 24.5 Å². The number of nitrogens with one attached hydrogen (secondary N) is 1. The second-order valence-electron chi connectivity index (χ2n) is 6.45. The predicted octanol–water partition coefficient (Wildman–Crippen LogP) is 2.09. The maximum atomic E-state index is 4.81. The minimum atomic E-state index is 0.230. The van der Waals surface area contributed by atoms with Gasteiger partial charge < -0.3 is 10.2 Å². The molecule has 9 heteroatoms. The Hall–Kier alpha value is -2.65. The molecule has 1 unspecified atom stereocenters. The van der Waals surface area contributed by atoms with Crippen LogP contribution >= 0.6 is 15.9 Å². The van der Waals surface area contributed by atoms with E-state index >= 15 is 0 Å². The number of fused-ring (bicyclic) bond motifs is 1. The van der Waals surface area contributed by atoms with E-state index in [1.807, 2.05) is 22.9 Å². The maximum Gasteiger partial charge on any atom is 0.180 e. The van der Waals surface area contributed by atoms with E-state index in [1.54, 1.807) is 18.6 Å². The Morgan fingerprint density at radius 1 is 1.19 bits per heavy atom. The van der Waals surface area contributed by atoms with Gasteiger partial charge in [-0.2, -0.15) is 0 Å². The van der Waals surface area contributed by atoms with Gasteiger partial charge in [-0.1, -0.05) is 6.08 Å². The van der Waals surface area contributed by atoms with E-state index < -0.39 is 0 Å². The number of piperazine rings is 1. The van der Waals surface area contributed by atoms with E-state index in [-0.39, 0.29) is 6.04 Å². The molecule has 3 aromatic rings. The van der Waals surface area contributed by atoms with Gasteiger partial charge in [0, 0.05) is 44.7 Å². The minimum absolute atomic E-state index is 0.230. The van der Waals surface area contributed by atoms with Crippen LogP contribution in [-0.4, -0.2) is 56.2 Å². The Labute approximate surface area is 164 Å². The summed E-state index contributed by atoms with van der Waals surface area (Å²) in [5, 5.41) is 3.54. The SMILES string of the molecule is Brc1cn2c(-c3nccc(N4CCNC(C5=CCC=N5)C4)n3)cnc2cn1. The summed E-state index contributed by atoms with van der Waals surface area (Å²) in [6, 6.07) is 2.19. The molecule has 8 nitrogen and oxygen atoms in total. The van der Waals surface area contributed by atoms with E-state index in [0.29, 0.717) is 5.82 Å². The van der Waals surface area contributed by atoms with Gasteiger partial charge in [0.25, 0.3) is 0 Å². The molecule has 136 valence electrons. The number of allylic oxidation sites excluding steroid dienone is 1. The van der Waals surface area contributed by atoms with Gasteiger partial charge in [0.1, 0.15) is 16.1 Å². The molecule has 1 N–H and O–H groups in total. The van der Waals surface area contributed by atoms with Crippen LogP contribution in [0.5, 0.6) is 0 Å². The highest BCUT2D eigenvalue weighted by atomic mass is 79.9. The number of anilines is 1. The fourth-order valence-corrected chi connectivity index (χ4v) is 3.76. The number of rotatable bonds is 3. The number of hydrogen-bond acceptors (Lipinski definition) is 7. The Bertz CT molecular complexity index is 1060. The van der Waals surface area contributed by atoms with Crippen molar-refractivity contribution in [3.05, 3.63) is 47.2 Å². The first-order chi connectivity index (χ1) is 13.3. The van der Waals surface area contributed by atoms with Gasteiger partial charge in [0.2, 0.25) is 0 Å². The molecular formula is C18H17BrN8. The van der Waals surface area contributed by atoms with E-state index in [9.17, 15) is 0 Å². The summed E-state index contributed by atoms with van der Waals surface area (Å²) >= 11 is 3.41. The van der Waals surface area contributed by atoms with Crippen LogP contribution in [0.2, 0.25) is 0 Å². The average molecular weight is 425 g/mol. The summed E-state index contributed by atoms with van der Waals surface area (Å²) in [7, 11) is 0. The normalized spacial score (nSPS) is 19.7. The summed E-state index contributed by atoms with van der Waals surface area (Å²) in [5.41, 5.74) is 2.72. The molecule has 5 rings (SSSR count). The first-order valence-corrected chi connectivity index (χ1v) is 9.60. The molecule has 3 aromatic heterocycles. The fourth-order valence-electron chi connectivity index (χ4n) is 3.45. The number of aliphatic imine (C=N–C) groups is 1. The van der Waals surface area contributed by atoms with Gasteiger partial charge in [-0.05, 0) is 22.0 Å². The third kappa shape index (κ3) is 3.13. The highest BCUT2D eigenvalue weighted by Crippen LogP contribution is 2.23. The highest BCUT2D eigenvalue weighted by Gasteiger charge is 2.24. The molecule has 0 bridgehead atoms. The zero-order valence-electron chi connectivity index (χ0n) is 14.5. The zero-order valence-corrected chi connectivity index (χ0v) is 16.0. The van der Waals surface area contributed by atoms with Crippen LogP contribution in [0, 0.1) is 0 Å². The summed E-state index contributed by atoms with van der Waals surface area (Å²) in [6.07, 6.45) is 12.2. The zero-order chi connectivity index (χ0) is 18.2. The van der Waals surface area contributed by atoms with Crippen molar-refractivity contribution in [3.8, 4) is 11.5 Å². The first kappa shape index (κ1) is 16.5. The van der Waals surface area contributed by atoms with Crippen LogP contribution in [0.4, 0.5) is 5.82 Å². The molecule has 2 aliphatic heterocycles. The summed E-state index contributed by atoms with van der Waals surface area (Å²) < 4.78 is 2.68. The van der Waals surface area contributed by atoms with Crippen molar-refractivity contribution < 1.29 is 0 Å². The van der Waals surface area contributed by atoms with Crippen molar-refractivity contribution in [1.29, 1.82) is 0 Å². The minimum Gasteiger partial charge on any atom is -0.353 e. The monoisotopic (exact) mass is 424 g/mol. The molecule has 1 fully saturated rings. The van der Waals surface area contributed by atoms with Crippen LogP contribution in [-0.2, 0) is 0 Å². The van der Waals surface area contributed by atoms with Crippen LogP contribution in [0.1, 0.15) is 6.42 Å². The topological polar surface area (TPSA) is 83.6 Å². The average Bonchev–Trinajstić information content (AvgIpc) is 3.38. The standard InChI is InChI=1S/C18H17BrN8/c19-15-11-27-14(8-24-17(27)9-23-15)18-22-5-3-16(25-18)26-7-6-21-13(10-26)12-2-1-4-20-12/h2-5,8-9,11,13,21H,1,6-7,10H2. The summed E-state index contributed by atoms with van der Waals surface area (Å²) in [5.74, 6) is 1.56. The molecule has 1 atom stereocenters. The van der Waals surface area contributed by atoms with Gasteiger partial charge in [0.05, 0.1) is 24.1 Å². The third-order valence-electron chi connectivity index (χ3n) is 4.76. The molecule has 2 aliphatic rings.